The van der Waals surface area contributed by atoms with Gasteiger partial charge >= 0.3 is 0 Å². The first-order chi connectivity index (χ1) is 10.8. The predicted molar refractivity (Wildman–Crippen MR) is 95.4 cm³/mol. The summed E-state index contributed by atoms with van der Waals surface area (Å²) in [6.07, 6.45) is 0.196. The van der Waals surface area contributed by atoms with E-state index in [1.165, 1.54) is 0 Å². The van der Waals surface area contributed by atoms with Crippen molar-refractivity contribution in [2.45, 2.75) is 25.2 Å². The van der Waals surface area contributed by atoms with Crippen LogP contribution in [0.4, 0.5) is 5.69 Å². The Hall–Kier alpha value is -1.66. The molecule has 0 spiro atoms. The smallest absolute Gasteiger partial charge is 0.228 e. The Morgan fingerprint density at radius 3 is 2.35 bits per heavy atom. The Morgan fingerprint density at radius 1 is 1.13 bits per heavy atom. The van der Waals surface area contributed by atoms with Crippen molar-refractivity contribution in [3.8, 4) is 0 Å². The summed E-state index contributed by atoms with van der Waals surface area (Å²) in [6.45, 7) is 3.56. The zero-order valence-electron chi connectivity index (χ0n) is 13.0. The summed E-state index contributed by atoms with van der Waals surface area (Å²) in [5.41, 5.74) is 2.55. The average Bonchev–Trinajstić information content (AvgIpc) is 2.51. The number of hydrogen-bond donors (Lipinski definition) is 1. The lowest BCUT2D eigenvalue weighted by Gasteiger charge is -2.08. The molecule has 2 rings (SSSR count). The highest BCUT2D eigenvalue weighted by atomic mass is 79.9. The van der Waals surface area contributed by atoms with Gasteiger partial charge in [-0.2, -0.15) is 0 Å². The molecule has 0 aliphatic rings. The zero-order chi connectivity index (χ0) is 17.0. The fourth-order valence-corrected chi connectivity index (χ4v) is 3.23. The van der Waals surface area contributed by atoms with Crippen molar-refractivity contribution < 1.29 is 13.2 Å². The van der Waals surface area contributed by atoms with Crippen molar-refractivity contribution in [2.24, 2.45) is 0 Å². The molecule has 0 bridgehead atoms. The molecule has 23 heavy (non-hydrogen) atoms. The highest BCUT2D eigenvalue weighted by Gasteiger charge is 2.11. The second-order valence-electron chi connectivity index (χ2n) is 5.24. The fourth-order valence-electron chi connectivity index (χ4n) is 2.09. The number of halogens is 1. The van der Waals surface area contributed by atoms with Crippen molar-refractivity contribution in [1.82, 2.24) is 0 Å². The van der Waals surface area contributed by atoms with Gasteiger partial charge in [0, 0.05) is 10.2 Å². The van der Waals surface area contributed by atoms with Gasteiger partial charge < -0.3 is 5.32 Å². The summed E-state index contributed by atoms with van der Waals surface area (Å²) in [6, 6.07) is 12.0. The van der Waals surface area contributed by atoms with Crippen LogP contribution < -0.4 is 5.32 Å². The summed E-state index contributed by atoms with van der Waals surface area (Å²) in [5.74, 6) is -0.0757. The number of amides is 1. The van der Waals surface area contributed by atoms with Gasteiger partial charge in [0.25, 0.3) is 0 Å². The third kappa shape index (κ3) is 4.65. The molecule has 1 amide bonds. The van der Waals surface area contributed by atoms with Crippen LogP contribution in [0.5, 0.6) is 0 Å². The van der Waals surface area contributed by atoms with Crippen molar-refractivity contribution in [1.29, 1.82) is 0 Å². The molecule has 2 aromatic rings. The minimum Gasteiger partial charge on any atom is -0.326 e. The number of nitrogens with one attached hydrogen (secondary N) is 1. The molecule has 0 aliphatic carbocycles. The number of sulfone groups is 1. The number of carbonyl (C=O) groups is 1. The van der Waals surface area contributed by atoms with Gasteiger partial charge in [0.05, 0.1) is 17.1 Å². The summed E-state index contributed by atoms with van der Waals surface area (Å²) in [4.78, 5) is 12.4. The Balaban J connectivity index is 2.04. The second-order valence-corrected chi connectivity index (χ2v) is 8.37. The first-order valence-corrected chi connectivity index (χ1v) is 9.64. The Kier molecular flexibility index (Phi) is 5.59. The highest BCUT2D eigenvalue weighted by Crippen LogP contribution is 2.20. The van der Waals surface area contributed by atoms with Crippen molar-refractivity contribution in [3.63, 3.8) is 0 Å². The molecule has 0 heterocycles. The summed E-state index contributed by atoms with van der Waals surface area (Å²) in [5, 5.41) is 2.84. The van der Waals surface area contributed by atoms with Crippen LogP contribution in [0.1, 0.15) is 18.1 Å². The van der Waals surface area contributed by atoms with Gasteiger partial charge in [-0.3, -0.25) is 4.79 Å². The molecule has 0 atom stereocenters. The van der Waals surface area contributed by atoms with Crippen LogP contribution in [0.15, 0.2) is 51.8 Å². The van der Waals surface area contributed by atoms with Gasteiger partial charge in [-0.1, -0.05) is 35.0 Å². The van der Waals surface area contributed by atoms with E-state index in [0.717, 1.165) is 21.3 Å². The first kappa shape index (κ1) is 17.7. The van der Waals surface area contributed by atoms with Crippen LogP contribution in [-0.2, 0) is 21.1 Å². The largest absolute Gasteiger partial charge is 0.326 e. The molecule has 0 saturated heterocycles. The summed E-state index contributed by atoms with van der Waals surface area (Å²) in [7, 11) is -3.21. The van der Waals surface area contributed by atoms with E-state index in [9.17, 15) is 13.2 Å². The van der Waals surface area contributed by atoms with Crippen LogP contribution in [0, 0.1) is 6.92 Å². The van der Waals surface area contributed by atoms with E-state index in [1.807, 2.05) is 25.1 Å². The molecule has 122 valence electrons. The van der Waals surface area contributed by atoms with E-state index in [2.05, 4.69) is 21.2 Å². The third-order valence-electron chi connectivity index (χ3n) is 3.47. The minimum atomic E-state index is -3.21. The quantitative estimate of drug-likeness (QED) is 0.838. The van der Waals surface area contributed by atoms with E-state index < -0.39 is 9.84 Å². The average molecular weight is 396 g/mol. The standard InChI is InChI=1S/C17H18BrNO3S/c1-3-23(21,22)15-7-4-13(5-8-15)11-17(20)19-14-6-9-16(18)12(2)10-14/h4-10H,3,11H2,1-2H3,(H,19,20). The molecule has 0 radical (unpaired) electrons. The molecule has 4 nitrogen and oxygen atoms in total. The zero-order valence-corrected chi connectivity index (χ0v) is 15.4. The molecule has 1 N–H and O–H groups in total. The van der Waals surface area contributed by atoms with Gasteiger partial charge in [0.2, 0.25) is 5.91 Å². The van der Waals surface area contributed by atoms with Gasteiger partial charge in [0.1, 0.15) is 0 Å². The molecule has 0 fully saturated rings. The molecular formula is C17H18BrNO3S. The number of rotatable bonds is 5. The minimum absolute atomic E-state index is 0.0652. The number of carbonyl (C=O) groups excluding carboxylic acids is 1. The van der Waals surface area contributed by atoms with Crippen molar-refractivity contribution in [3.05, 3.63) is 58.1 Å². The maximum atomic E-state index is 12.1. The lowest BCUT2D eigenvalue weighted by molar-refractivity contribution is -0.115. The summed E-state index contributed by atoms with van der Waals surface area (Å²) < 4.78 is 24.5. The van der Waals surface area contributed by atoms with Gasteiger partial charge in [-0.05, 0) is 48.4 Å². The maximum absolute atomic E-state index is 12.1. The van der Waals surface area contributed by atoms with Crippen molar-refractivity contribution in [2.75, 3.05) is 11.1 Å². The second kappa shape index (κ2) is 7.27. The van der Waals surface area contributed by atoms with Crippen molar-refractivity contribution >= 4 is 37.4 Å². The lowest BCUT2D eigenvalue weighted by atomic mass is 10.1. The van der Waals surface area contributed by atoms with E-state index in [1.54, 1.807) is 31.2 Å². The Bertz CT molecular complexity index is 814. The molecule has 0 saturated carbocycles. The van der Waals surface area contributed by atoms with Crippen LogP contribution in [0.25, 0.3) is 0 Å². The SMILES string of the molecule is CCS(=O)(=O)c1ccc(CC(=O)Nc2ccc(Br)c(C)c2)cc1. The molecule has 0 unspecified atom stereocenters. The normalized spacial score (nSPS) is 11.3. The van der Waals surface area contributed by atoms with Gasteiger partial charge in [-0.25, -0.2) is 8.42 Å². The van der Waals surface area contributed by atoms with E-state index >= 15 is 0 Å². The van der Waals surface area contributed by atoms with E-state index in [4.69, 9.17) is 0 Å². The highest BCUT2D eigenvalue weighted by molar-refractivity contribution is 9.10. The topological polar surface area (TPSA) is 63.2 Å². The molecular weight excluding hydrogens is 378 g/mol. The van der Waals surface area contributed by atoms with Crippen LogP contribution in [0.2, 0.25) is 0 Å². The van der Waals surface area contributed by atoms with Crippen LogP contribution in [-0.4, -0.2) is 20.1 Å². The third-order valence-corrected chi connectivity index (χ3v) is 6.11. The molecule has 2 aromatic carbocycles. The molecule has 0 aliphatic heterocycles. The van der Waals surface area contributed by atoms with E-state index in [0.29, 0.717) is 0 Å². The number of aryl methyl sites for hydroxylation is 1. The lowest BCUT2D eigenvalue weighted by Crippen LogP contribution is -2.14. The van der Waals surface area contributed by atoms with Gasteiger partial charge in [-0.15, -0.1) is 0 Å². The van der Waals surface area contributed by atoms with Gasteiger partial charge in [0.15, 0.2) is 9.84 Å². The Labute approximate surface area is 145 Å². The fraction of sp³-hybridized carbons (Fsp3) is 0.235. The summed E-state index contributed by atoms with van der Waals surface area (Å²) >= 11 is 3.42. The molecule has 0 aromatic heterocycles. The van der Waals surface area contributed by atoms with E-state index in [-0.39, 0.29) is 23.0 Å². The number of benzene rings is 2. The monoisotopic (exact) mass is 395 g/mol. The number of hydrogen-bond acceptors (Lipinski definition) is 3. The predicted octanol–water partition coefficient (Wildman–Crippen LogP) is 3.73. The Morgan fingerprint density at radius 2 is 1.78 bits per heavy atom. The number of anilines is 1. The van der Waals surface area contributed by atoms with Crippen LogP contribution >= 0.6 is 15.9 Å². The van der Waals surface area contributed by atoms with Crippen LogP contribution in [0.3, 0.4) is 0 Å². The maximum Gasteiger partial charge on any atom is 0.228 e. The molecule has 6 heteroatoms. The first-order valence-electron chi connectivity index (χ1n) is 7.19.